The molecule has 1 saturated heterocycles. The number of carboxylic acid groups (broad SMARTS) is 1. The first-order valence-electron chi connectivity index (χ1n) is 8.73. The fraction of sp³-hybridized carbons (Fsp3) is 0.350. The van der Waals surface area contributed by atoms with Crippen molar-refractivity contribution in [2.45, 2.75) is 12.8 Å². The second-order valence-electron chi connectivity index (χ2n) is 6.23. The van der Waals surface area contributed by atoms with Gasteiger partial charge in [0, 0.05) is 38.3 Å². The number of para-hydroxylation sites is 1. The zero-order valence-corrected chi connectivity index (χ0v) is 14.3. The number of rotatable bonds is 7. The van der Waals surface area contributed by atoms with Crippen molar-refractivity contribution in [2.75, 3.05) is 37.6 Å². The number of aliphatic carboxylic acids is 1. The third-order valence-corrected chi connectivity index (χ3v) is 4.42. The maximum atomic E-state index is 10.6. The van der Waals surface area contributed by atoms with Crippen LogP contribution in [0.25, 0.3) is 0 Å². The first-order chi connectivity index (χ1) is 12.2. The first-order valence-corrected chi connectivity index (χ1v) is 8.73. The predicted octanol–water partition coefficient (Wildman–Crippen LogP) is 2.82. The summed E-state index contributed by atoms with van der Waals surface area (Å²) in [5, 5.41) is 8.71. The van der Waals surface area contributed by atoms with Crippen LogP contribution < -0.4 is 9.64 Å². The zero-order chi connectivity index (χ0) is 17.5. The average molecular weight is 364 g/mol. The number of carbonyl (C=O) groups is 1. The van der Waals surface area contributed by atoms with Crippen molar-refractivity contribution in [3.63, 3.8) is 0 Å². The van der Waals surface area contributed by atoms with Gasteiger partial charge in [-0.3, -0.25) is 9.69 Å². The predicted molar refractivity (Wildman–Crippen MR) is 106 cm³/mol. The van der Waals surface area contributed by atoms with E-state index < -0.39 is 5.97 Å². The standard InChI is InChI=1S/C20H24N2O3.Na.H/c23-20(24)7-4-12-21-13-15-22(16-14-21)17-8-10-19(11-9-17)25-18-5-2-1-3-6-18;;/h1-3,5-6,8-11H,4,7,12-16H2,(H,23,24);;. The van der Waals surface area contributed by atoms with E-state index in [4.69, 9.17) is 9.84 Å². The third-order valence-electron chi connectivity index (χ3n) is 4.42. The van der Waals surface area contributed by atoms with Crippen LogP contribution in [-0.2, 0) is 4.79 Å². The number of piperazine rings is 1. The van der Waals surface area contributed by atoms with Crippen molar-refractivity contribution in [1.29, 1.82) is 0 Å². The van der Waals surface area contributed by atoms with E-state index in [0.29, 0.717) is 0 Å². The minimum atomic E-state index is -0.712. The molecule has 134 valence electrons. The number of ether oxygens (including phenoxy) is 1. The molecule has 0 bridgehead atoms. The molecule has 1 aliphatic heterocycles. The number of nitrogens with zero attached hydrogens (tertiary/aromatic N) is 2. The van der Waals surface area contributed by atoms with E-state index >= 15 is 0 Å². The molecule has 0 atom stereocenters. The second-order valence-corrected chi connectivity index (χ2v) is 6.23. The Morgan fingerprint density at radius 3 is 2.15 bits per heavy atom. The Hall–Kier alpha value is -1.53. The molecule has 2 aromatic rings. The fourth-order valence-electron chi connectivity index (χ4n) is 3.03. The van der Waals surface area contributed by atoms with Crippen molar-refractivity contribution < 1.29 is 14.6 Å². The summed E-state index contributed by atoms with van der Waals surface area (Å²) in [6, 6.07) is 18.0. The summed E-state index contributed by atoms with van der Waals surface area (Å²) in [5.41, 5.74) is 1.20. The SMILES string of the molecule is O=C(O)CCCN1CCN(c2ccc(Oc3ccccc3)cc2)CC1.[NaH]. The topological polar surface area (TPSA) is 53.0 Å². The first kappa shape index (κ1) is 20.8. The Bertz CT molecular complexity index is 671. The fourth-order valence-corrected chi connectivity index (χ4v) is 3.03. The molecule has 0 aliphatic carbocycles. The number of benzene rings is 2. The van der Waals surface area contributed by atoms with Gasteiger partial charge in [-0.05, 0) is 49.4 Å². The van der Waals surface area contributed by atoms with E-state index in [1.54, 1.807) is 0 Å². The van der Waals surface area contributed by atoms with Gasteiger partial charge in [0.05, 0.1) is 0 Å². The van der Waals surface area contributed by atoms with Crippen LogP contribution in [0.15, 0.2) is 54.6 Å². The molecule has 1 fully saturated rings. The van der Waals surface area contributed by atoms with Crippen molar-refractivity contribution in [3.05, 3.63) is 54.6 Å². The Kier molecular flexibility index (Phi) is 8.45. The molecule has 0 saturated carbocycles. The number of carboxylic acids is 1. The summed E-state index contributed by atoms with van der Waals surface area (Å²) in [4.78, 5) is 15.3. The van der Waals surface area contributed by atoms with Gasteiger partial charge in [-0.15, -0.1) is 0 Å². The third kappa shape index (κ3) is 6.32. The van der Waals surface area contributed by atoms with E-state index in [-0.39, 0.29) is 36.0 Å². The normalized spacial score (nSPS) is 14.5. The molecule has 0 aromatic heterocycles. The van der Waals surface area contributed by atoms with E-state index in [2.05, 4.69) is 21.9 Å². The van der Waals surface area contributed by atoms with Crippen molar-refractivity contribution in [3.8, 4) is 11.5 Å². The van der Waals surface area contributed by atoms with Crippen LogP contribution in [0.2, 0.25) is 0 Å². The molecular weight excluding hydrogens is 339 g/mol. The van der Waals surface area contributed by atoms with Gasteiger partial charge in [-0.25, -0.2) is 0 Å². The molecular formula is C20H25N2NaO3. The summed E-state index contributed by atoms with van der Waals surface area (Å²) in [6.45, 7) is 4.74. The molecule has 5 nitrogen and oxygen atoms in total. The van der Waals surface area contributed by atoms with Gasteiger partial charge in [0.25, 0.3) is 0 Å². The summed E-state index contributed by atoms with van der Waals surface area (Å²) >= 11 is 0. The summed E-state index contributed by atoms with van der Waals surface area (Å²) in [6.07, 6.45) is 0.976. The number of anilines is 1. The van der Waals surface area contributed by atoms with Gasteiger partial charge in [0.1, 0.15) is 11.5 Å². The number of hydrogen-bond acceptors (Lipinski definition) is 4. The van der Waals surface area contributed by atoms with Gasteiger partial charge in [-0.2, -0.15) is 0 Å². The van der Waals surface area contributed by atoms with Gasteiger partial charge >= 0.3 is 35.5 Å². The van der Waals surface area contributed by atoms with E-state index in [1.165, 1.54) is 5.69 Å². The maximum absolute atomic E-state index is 10.6. The molecule has 0 amide bonds. The monoisotopic (exact) mass is 364 g/mol. The Labute approximate surface area is 176 Å². The number of hydrogen-bond donors (Lipinski definition) is 1. The molecule has 0 spiro atoms. The van der Waals surface area contributed by atoms with E-state index in [1.807, 2.05) is 42.5 Å². The Morgan fingerprint density at radius 2 is 1.54 bits per heavy atom. The average Bonchev–Trinajstić information content (AvgIpc) is 2.64. The zero-order valence-electron chi connectivity index (χ0n) is 14.3. The Balaban J connectivity index is 0.00000243. The molecule has 2 aromatic carbocycles. The van der Waals surface area contributed by atoms with E-state index in [9.17, 15) is 4.79 Å². The molecule has 26 heavy (non-hydrogen) atoms. The van der Waals surface area contributed by atoms with Crippen molar-refractivity contribution in [2.24, 2.45) is 0 Å². The molecule has 1 N–H and O–H groups in total. The van der Waals surface area contributed by atoms with Gasteiger partial charge < -0.3 is 14.7 Å². The molecule has 0 unspecified atom stereocenters. The van der Waals surface area contributed by atoms with Gasteiger partial charge in [0.2, 0.25) is 0 Å². The quantitative estimate of drug-likeness (QED) is 0.766. The van der Waals surface area contributed by atoms with Crippen LogP contribution in [0.5, 0.6) is 11.5 Å². The van der Waals surface area contributed by atoms with Crippen LogP contribution in [0.3, 0.4) is 0 Å². The van der Waals surface area contributed by atoms with Crippen LogP contribution in [0.4, 0.5) is 5.69 Å². The van der Waals surface area contributed by atoms with E-state index in [0.717, 1.165) is 50.6 Å². The molecule has 6 heteroatoms. The molecule has 3 rings (SSSR count). The molecule has 1 heterocycles. The van der Waals surface area contributed by atoms with Crippen LogP contribution >= 0.6 is 0 Å². The van der Waals surface area contributed by atoms with Crippen LogP contribution in [0, 0.1) is 0 Å². The van der Waals surface area contributed by atoms with Gasteiger partial charge in [-0.1, -0.05) is 18.2 Å². The van der Waals surface area contributed by atoms with Gasteiger partial charge in [0.15, 0.2) is 0 Å². The second kappa shape index (κ2) is 10.6. The molecule has 1 aliphatic rings. The summed E-state index contributed by atoms with van der Waals surface area (Å²) in [7, 11) is 0. The molecule has 0 radical (unpaired) electrons. The van der Waals surface area contributed by atoms with Crippen LogP contribution in [0.1, 0.15) is 12.8 Å². The van der Waals surface area contributed by atoms with Crippen molar-refractivity contribution in [1.82, 2.24) is 4.90 Å². The summed E-state index contributed by atoms with van der Waals surface area (Å²) < 4.78 is 5.83. The van der Waals surface area contributed by atoms with Crippen molar-refractivity contribution >= 4 is 41.2 Å². The minimum absolute atomic E-state index is 0. The Morgan fingerprint density at radius 1 is 0.923 bits per heavy atom. The summed E-state index contributed by atoms with van der Waals surface area (Å²) in [5.74, 6) is 0.962. The van der Waals surface area contributed by atoms with Crippen LogP contribution in [-0.4, -0.2) is 78.3 Å².